The van der Waals surface area contributed by atoms with Crippen molar-refractivity contribution in [2.75, 3.05) is 19.7 Å². The van der Waals surface area contributed by atoms with E-state index in [1.165, 1.54) is 0 Å². The zero-order valence-electron chi connectivity index (χ0n) is 9.97. The van der Waals surface area contributed by atoms with E-state index in [1.807, 2.05) is 37.3 Å². The normalized spacial score (nSPS) is 21.4. The minimum atomic E-state index is 0.207. The number of hydrazine groups is 1. The van der Waals surface area contributed by atoms with E-state index < -0.39 is 0 Å². The maximum atomic E-state index is 5.53. The molecule has 1 aromatic carbocycles. The second-order valence-corrected chi connectivity index (χ2v) is 4.04. The van der Waals surface area contributed by atoms with Gasteiger partial charge in [0.25, 0.3) is 0 Å². The molecule has 1 saturated heterocycles. The lowest BCUT2D eigenvalue weighted by atomic mass is 10.3. The van der Waals surface area contributed by atoms with Crippen molar-refractivity contribution in [1.29, 1.82) is 0 Å². The standard InChI is InChI=1S/C12H18N4O/c1-10-9-16(7-8-17-10)12(15-13)14-11-5-3-2-4-6-11/h2-6,10H,7-9,13H2,1H3,(H,14,15). The van der Waals surface area contributed by atoms with Gasteiger partial charge in [-0.25, -0.2) is 10.8 Å². The van der Waals surface area contributed by atoms with Crippen molar-refractivity contribution in [1.82, 2.24) is 10.3 Å². The summed E-state index contributed by atoms with van der Waals surface area (Å²) in [7, 11) is 0. The number of hydrogen-bond acceptors (Lipinski definition) is 3. The van der Waals surface area contributed by atoms with E-state index in [0.29, 0.717) is 12.6 Å². The Hall–Kier alpha value is -1.59. The molecular formula is C12H18N4O. The van der Waals surface area contributed by atoms with Crippen molar-refractivity contribution in [3.8, 4) is 0 Å². The summed E-state index contributed by atoms with van der Waals surface area (Å²) >= 11 is 0. The molecule has 0 radical (unpaired) electrons. The number of nitrogens with zero attached hydrogens (tertiary/aromatic N) is 2. The van der Waals surface area contributed by atoms with Crippen molar-refractivity contribution in [3.05, 3.63) is 30.3 Å². The molecule has 3 N–H and O–H groups in total. The van der Waals surface area contributed by atoms with E-state index in [9.17, 15) is 0 Å². The molecule has 0 aromatic heterocycles. The number of rotatable bonds is 1. The molecule has 1 aliphatic heterocycles. The molecule has 5 nitrogen and oxygen atoms in total. The number of para-hydroxylation sites is 1. The number of hydrogen-bond donors (Lipinski definition) is 2. The Bertz CT molecular complexity index is 379. The smallest absolute Gasteiger partial charge is 0.213 e. The first-order chi connectivity index (χ1) is 8.29. The average molecular weight is 234 g/mol. The van der Waals surface area contributed by atoms with Gasteiger partial charge in [0.2, 0.25) is 5.96 Å². The van der Waals surface area contributed by atoms with Crippen LogP contribution in [-0.4, -0.2) is 36.7 Å². The molecule has 17 heavy (non-hydrogen) atoms. The molecule has 2 rings (SSSR count). The fourth-order valence-electron chi connectivity index (χ4n) is 1.83. The Kier molecular flexibility index (Phi) is 3.95. The second-order valence-electron chi connectivity index (χ2n) is 4.04. The van der Waals surface area contributed by atoms with Crippen LogP contribution in [0.25, 0.3) is 0 Å². The van der Waals surface area contributed by atoms with Crippen molar-refractivity contribution in [2.24, 2.45) is 10.8 Å². The summed E-state index contributed by atoms with van der Waals surface area (Å²) in [6.45, 7) is 4.36. The highest BCUT2D eigenvalue weighted by Crippen LogP contribution is 2.12. The molecular weight excluding hydrogens is 216 g/mol. The van der Waals surface area contributed by atoms with Crippen LogP contribution in [0.1, 0.15) is 6.92 Å². The maximum absolute atomic E-state index is 5.53. The van der Waals surface area contributed by atoms with Crippen molar-refractivity contribution < 1.29 is 4.74 Å². The summed E-state index contributed by atoms with van der Waals surface area (Å²) < 4.78 is 5.49. The van der Waals surface area contributed by atoms with Gasteiger partial charge in [-0.15, -0.1) is 0 Å². The lowest BCUT2D eigenvalue weighted by Gasteiger charge is -2.32. The molecule has 0 saturated carbocycles. The molecule has 92 valence electrons. The van der Waals surface area contributed by atoms with E-state index in [1.54, 1.807) is 0 Å². The number of nitrogens with one attached hydrogen (secondary N) is 1. The summed E-state index contributed by atoms with van der Waals surface area (Å²) in [5.41, 5.74) is 3.55. The van der Waals surface area contributed by atoms with Crippen LogP contribution in [0.3, 0.4) is 0 Å². The van der Waals surface area contributed by atoms with Gasteiger partial charge < -0.3 is 9.64 Å². The Balaban J connectivity index is 2.12. The lowest BCUT2D eigenvalue weighted by Crippen LogP contribution is -2.51. The third-order valence-corrected chi connectivity index (χ3v) is 2.66. The SMILES string of the molecule is CC1CN(C(=Nc2ccccc2)NN)CCO1. The zero-order chi connectivity index (χ0) is 12.1. The molecule has 1 fully saturated rings. The Morgan fingerprint density at radius 1 is 1.47 bits per heavy atom. The number of aliphatic imine (C=N–C) groups is 1. The third kappa shape index (κ3) is 3.18. The first-order valence-corrected chi connectivity index (χ1v) is 5.76. The molecule has 1 atom stereocenters. The highest BCUT2D eigenvalue weighted by Gasteiger charge is 2.19. The Morgan fingerprint density at radius 3 is 2.88 bits per heavy atom. The van der Waals surface area contributed by atoms with Crippen LogP contribution < -0.4 is 11.3 Å². The predicted octanol–water partition coefficient (Wildman–Crippen LogP) is 0.858. The fourth-order valence-corrected chi connectivity index (χ4v) is 1.83. The molecule has 5 heteroatoms. The summed E-state index contributed by atoms with van der Waals surface area (Å²) in [5, 5.41) is 0. The minimum absolute atomic E-state index is 0.207. The van der Waals surface area contributed by atoms with Crippen molar-refractivity contribution >= 4 is 11.6 Å². The minimum Gasteiger partial charge on any atom is -0.375 e. The Morgan fingerprint density at radius 2 is 2.24 bits per heavy atom. The van der Waals surface area contributed by atoms with E-state index in [2.05, 4.69) is 15.3 Å². The summed E-state index contributed by atoms with van der Waals surface area (Å²) in [6.07, 6.45) is 0.207. The van der Waals surface area contributed by atoms with Gasteiger partial charge in [0.05, 0.1) is 18.4 Å². The van der Waals surface area contributed by atoms with Crippen LogP contribution in [0, 0.1) is 0 Å². The monoisotopic (exact) mass is 234 g/mol. The van der Waals surface area contributed by atoms with Gasteiger partial charge in [0, 0.05) is 13.1 Å². The molecule has 0 amide bonds. The van der Waals surface area contributed by atoms with E-state index in [0.717, 1.165) is 18.8 Å². The van der Waals surface area contributed by atoms with Gasteiger partial charge in [-0.1, -0.05) is 18.2 Å². The van der Waals surface area contributed by atoms with Crippen LogP contribution in [0.2, 0.25) is 0 Å². The van der Waals surface area contributed by atoms with Crippen molar-refractivity contribution in [2.45, 2.75) is 13.0 Å². The van der Waals surface area contributed by atoms with Gasteiger partial charge in [0.15, 0.2) is 0 Å². The van der Waals surface area contributed by atoms with Crippen LogP contribution in [0.5, 0.6) is 0 Å². The maximum Gasteiger partial charge on any atom is 0.213 e. The second kappa shape index (κ2) is 5.65. The van der Waals surface area contributed by atoms with Crippen LogP contribution in [0.15, 0.2) is 35.3 Å². The van der Waals surface area contributed by atoms with E-state index >= 15 is 0 Å². The lowest BCUT2D eigenvalue weighted by molar-refractivity contribution is 0.00469. The van der Waals surface area contributed by atoms with Gasteiger partial charge in [-0.2, -0.15) is 0 Å². The van der Waals surface area contributed by atoms with E-state index in [4.69, 9.17) is 10.6 Å². The first-order valence-electron chi connectivity index (χ1n) is 5.76. The van der Waals surface area contributed by atoms with Crippen molar-refractivity contribution in [3.63, 3.8) is 0 Å². The first kappa shape index (κ1) is 11.9. The van der Waals surface area contributed by atoms with Crippen LogP contribution >= 0.6 is 0 Å². The summed E-state index contributed by atoms with van der Waals surface area (Å²) in [5.74, 6) is 6.22. The molecule has 1 heterocycles. The van der Waals surface area contributed by atoms with Gasteiger partial charge in [-0.3, -0.25) is 5.43 Å². The number of nitrogens with two attached hydrogens (primary N) is 1. The number of morpholine rings is 1. The molecule has 0 spiro atoms. The summed E-state index contributed by atoms with van der Waals surface area (Å²) in [4.78, 5) is 6.58. The summed E-state index contributed by atoms with van der Waals surface area (Å²) in [6, 6.07) is 9.76. The number of benzene rings is 1. The molecule has 1 unspecified atom stereocenters. The highest BCUT2D eigenvalue weighted by molar-refractivity contribution is 5.82. The Labute approximate surface area is 101 Å². The van der Waals surface area contributed by atoms with Gasteiger partial charge in [-0.05, 0) is 19.1 Å². The molecule has 0 aliphatic carbocycles. The van der Waals surface area contributed by atoms with Crippen LogP contribution in [-0.2, 0) is 4.74 Å². The zero-order valence-corrected chi connectivity index (χ0v) is 9.97. The van der Waals surface area contributed by atoms with E-state index in [-0.39, 0.29) is 6.10 Å². The largest absolute Gasteiger partial charge is 0.375 e. The van der Waals surface area contributed by atoms with Gasteiger partial charge >= 0.3 is 0 Å². The predicted molar refractivity (Wildman–Crippen MR) is 67.8 cm³/mol. The fraction of sp³-hybridized carbons (Fsp3) is 0.417. The number of ether oxygens (including phenoxy) is 1. The third-order valence-electron chi connectivity index (χ3n) is 2.66. The molecule has 1 aromatic rings. The number of guanidine groups is 1. The quantitative estimate of drug-likeness (QED) is 0.327. The van der Waals surface area contributed by atoms with Crippen LogP contribution in [0.4, 0.5) is 5.69 Å². The topological polar surface area (TPSA) is 62.9 Å². The highest BCUT2D eigenvalue weighted by atomic mass is 16.5. The van der Waals surface area contributed by atoms with Gasteiger partial charge in [0.1, 0.15) is 0 Å². The average Bonchev–Trinajstić information content (AvgIpc) is 2.37. The molecule has 0 bridgehead atoms. The molecule has 1 aliphatic rings.